The topological polar surface area (TPSA) is 51.5 Å². The van der Waals surface area contributed by atoms with Gasteiger partial charge in [-0.1, -0.05) is 20.8 Å². The molecule has 0 saturated heterocycles. The minimum Gasteiger partial charge on any atom is -0.475 e. The SMILES string of the molecule is CNc1cn2ccnc2c(OCCC(C)(C)C)n1. The molecule has 0 amide bonds. The fourth-order valence-electron chi connectivity index (χ4n) is 1.57. The monoisotopic (exact) mass is 248 g/mol. The van der Waals surface area contributed by atoms with Gasteiger partial charge in [0.25, 0.3) is 5.88 Å². The number of nitrogens with one attached hydrogen (secondary N) is 1. The van der Waals surface area contributed by atoms with Crippen LogP contribution >= 0.6 is 0 Å². The molecule has 5 nitrogen and oxygen atoms in total. The first-order chi connectivity index (χ1) is 8.49. The van der Waals surface area contributed by atoms with Crippen LogP contribution in [-0.2, 0) is 0 Å². The molecular weight excluding hydrogens is 228 g/mol. The molecule has 5 heteroatoms. The van der Waals surface area contributed by atoms with Crippen LogP contribution < -0.4 is 10.1 Å². The van der Waals surface area contributed by atoms with Gasteiger partial charge >= 0.3 is 0 Å². The summed E-state index contributed by atoms with van der Waals surface area (Å²) in [6.45, 7) is 7.23. The predicted octanol–water partition coefficient (Wildman–Crippen LogP) is 2.59. The van der Waals surface area contributed by atoms with E-state index in [-0.39, 0.29) is 5.41 Å². The third-order valence-corrected chi connectivity index (χ3v) is 2.69. The molecule has 18 heavy (non-hydrogen) atoms. The van der Waals surface area contributed by atoms with Crippen LogP contribution in [-0.4, -0.2) is 28.0 Å². The Kier molecular flexibility index (Phi) is 3.41. The van der Waals surface area contributed by atoms with Crippen molar-refractivity contribution in [3.63, 3.8) is 0 Å². The number of anilines is 1. The van der Waals surface area contributed by atoms with Gasteiger partial charge in [0.1, 0.15) is 5.82 Å². The molecule has 2 aromatic rings. The molecule has 0 spiro atoms. The second-order valence-electron chi connectivity index (χ2n) is 5.50. The smallest absolute Gasteiger partial charge is 0.260 e. The van der Waals surface area contributed by atoms with E-state index in [9.17, 15) is 0 Å². The summed E-state index contributed by atoms with van der Waals surface area (Å²) in [5.41, 5.74) is 1.01. The van der Waals surface area contributed by atoms with Gasteiger partial charge in [-0.2, -0.15) is 4.98 Å². The van der Waals surface area contributed by atoms with Gasteiger partial charge in [-0.15, -0.1) is 0 Å². The zero-order chi connectivity index (χ0) is 13.2. The summed E-state index contributed by atoms with van der Waals surface area (Å²) in [6.07, 6.45) is 6.49. The van der Waals surface area contributed by atoms with Crippen LogP contribution in [0.25, 0.3) is 5.65 Å². The quantitative estimate of drug-likeness (QED) is 0.903. The average Bonchev–Trinajstić information content (AvgIpc) is 2.75. The number of nitrogens with zero attached hydrogens (tertiary/aromatic N) is 3. The summed E-state index contributed by atoms with van der Waals surface area (Å²) in [4.78, 5) is 8.65. The largest absolute Gasteiger partial charge is 0.475 e. The molecule has 0 unspecified atom stereocenters. The van der Waals surface area contributed by atoms with Crippen molar-refractivity contribution in [2.75, 3.05) is 19.0 Å². The van der Waals surface area contributed by atoms with Crippen LogP contribution in [0.4, 0.5) is 5.82 Å². The summed E-state index contributed by atoms with van der Waals surface area (Å²) >= 11 is 0. The van der Waals surface area contributed by atoms with E-state index in [0.29, 0.717) is 12.5 Å². The van der Waals surface area contributed by atoms with Gasteiger partial charge in [-0.05, 0) is 11.8 Å². The molecule has 0 bridgehead atoms. The minimum atomic E-state index is 0.256. The van der Waals surface area contributed by atoms with Gasteiger partial charge in [-0.3, -0.25) is 4.40 Å². The Hall–Kier alpha value is -1.78. The van der Waals surface area contributed by atoms with E-state index in [1.807, 2.05) is 23.8 Å². The first kappa shape index (κ1) is 12.7. The number of hydrogen-bond donors (Lipinski definition) is 1. The fraction of sp³-hybridized carbons (Fsp3) is 0.538. The van der Waals surface area contributed by atoms with Gasteiger partial charge < -0.3 is 10.1 Å². The standard InChI is InChI=1S/C13H20N4O/c1-13(2,3)5-8-18-12-11-15-6-7-17(11)9-10(14-4)16-12/h6-7,9,14H,5,8H2,1-4H3. The van der Waals surface area contributed by atoms with E-state index in [1.54, 1.807) is 6.20 Å². The highest BCUT2D eigenvalue weighted by atomic mass is 16.5. The lowest BCUT2D eigenvalue weighted by Gasteiger charge is -2.18. The first-order valence-electron chi connectivity index (χ1n) is 6.14. The van der Waals surface area contributed by atoms with Crippen LogP contribution in [0.5, 0.6) is 5.88 Å². The Labute approximate surface area is 107 Å². The normalized spacial score (nSPS) is 11.8. The molecule has 0 fully saturated rings. The predicted molar refractivity (Wildman–Crippen MR) is 72.1 cm³/mol. The number of ether oxygens (including phenoxy) is 1. The van der Waals surface area contributed by atoms with Gasteiger partial charge in [0.2, 0.25) is 5.65 Å². The summed E-state index contributed by atoms with van der Waals surface area (Å²) in [6, 6.07) is 0. The van der Waals surface area contributed by atoms with Gasteiger partial charge in [0, 0.05) is 19.4 Å². The summed E-state index contributed by atoms with van der Waals surface area (Å²) in [7, 11) is 1.84. The molecule has 0 aliphatic heterocycles. The van der Waals surface area contributed by atoms with Crippen LogP contribution in [0, 0.1) is 5.41 Å². The number of hydrogen-bond acceptors (Lipinski definition) is 4. The van der Waals surface area contributed by atoms with Crippen molar-refractivity contribution in [1.82, 2.24) is 14.4 Å². The van der Waals surface area contributed by atoms with E-state index in [2.05, 4.69) is 36.1 Å². The van der Waals surface area contributed by atoms with Crippen molar-refractivity contribution >= 4 is 11.5 Å². The van der Waals surface area contributed by atoms with Crippen molar-refractivity contribution in [1.29, 1.82) is 0 Å². The van der Waals surface area contributed by atoms with E-state index >= 15 is 0 Å². The van der Waals surface area contributed by atoms with Crippen molar-refractivity contribution in [3.05, 3.63) is 18.6 Å². The van der Waals surface area contributed by atoms with Crippen molar-refractivity contribution in [2.45, 2.75) is 27.2 Å². The molecule has 2 heterocycles. The van der Waals surface area contributed by atoms with Gasteiger partial charge in [0.05, 0.1) is 12.8 Å². The second kappa shape index (κ2) is 4.84. The van der Waals surface area contributed by atoms with E-state index in [4.69, 9.17) is 4.74 Å². The zero-order valence-corrected chi connectivity index (χ0v) is 11.4. The van der Waals surface area contributed by atoms with Crippen LogP contribution in [0.15, 0.2) is 18.6 Å². The molecule has 2 aromatic heterocycles. The third kappa shape index (κ3) is 2.91. The maximum Gasteiger partial charge on any atom is 0.260 e. The number of aromatic nitrogens is 3. The molecule has 2 rings (SSSR count). The minimum absolute atomic E-state index is 0.256. The molecular formula is C13H20N4O. The highest BCUT2D eigenvalue weighted by Crippen LogP contribution is 2.22. The maximum atomic E-state index is 5.76. The molecule has 98 valence electrons. The van der Waals surface area contributed by atoms with Gasteiger partial charge in [0.15, 0.2) is 0 Å². The van der Waals surface area contributed by atoms with E-state index < -0.39 is 0 Å². The Morgan fingerprint density at radius 2 is 2.17 bits per heavy atom. The number of imidazole rings is 1. The van der Waals surface area contributed by atoms with Crippen molar-refractivity contribution < 1.29 is 4.74 Å². The Bertz CT molecular complexity index is 527. The van der Waals surface area contributed by atoms with Crippen molar-refractivity contribution in [3.8, 4) is 5.88 Å². The molecule has 0 aromatic carbocycles. The Morgan fingerprint density at radius 3 is 2.83 bits per heavy atom. The van der Waals surface area contributed by atoms with Gasteiger partial charge in [-0.25, -0.2) is 4.98 Å². The number of rotatable bonds is 4. The fourth-order valence-corrected chi connectivity index (χ4v) is 1.57. The highest BCUT2D eigenvalue weighted by Gasteiger charge is 2.12. The summed E-state index contributed by atoms with van der Waals surface area (Å²) < 4.78 is 7.67. The molecule has 1 N–H and O–H groups in total. The highest BCUT2D eigenvalue weighted by molar-refractivity contribution is 5.53. The zero-order valence-electron chi connectivity index (χ0n) is 11.4. The third-order valence-electron chi connectivity index (χ3n) is 2.69. The second-order valence-corrected chi connectivity index (χ2v) is 5.50. The van der Waals surface area contributed by atoms with Crippen LogP contribution in [0.3, 0.4) is 0 Å². The summed E-state index contributed by atoms with van der Waals surface area (Å²) in [5, 5.41) is 3.02. The van der Waals surface area contributed by atoms with Crippen LogP contribution in [0.1, 0.15) is 27.2 Å². The van der Waals surface area contributed by atoms with E-state index in [0.717, 1.165) is 17.9 Å². The average molecular weight is 248 g/mol. The van der Waals surface area contributed by atoms with E-state index in [1.165, 1.54) is 0 Å². The molecule has 0 saturated carbocycles. The lowest BCUT2D eigenvalue weighted by molar-refractivity contribution is 0.238. The Morgan fingerprint density at radius 1 is 1.39 bits per heavy atom. The number of fused-ring (bicyclic) bond motifs is 1. The Balaban J connectivity index is 2.18. The molecule has 0 aliphatic carbocycles. The van der Waals surface area contributed by atoms with Crippen LogP contribution in [0.2, 0.25) is 0 Å². The molecule has 0 aliphatic rings. The lowest BCUT2D eigenvalue weighted by atomic mass is 9.93. The first-order valence-corrected chi connectivity index (χ1v) is 6.14. The van der Waals surface area contributed by atoms with Crippen molar-refractivity contribution in [2.24, 2.45) is 5.41 Å². The molecule has 0 radical (unpaired) electrons. The lowest BCUT2D eigenvalue weighted by Crippen LogP contribution is -2.12. The molecule has 0 atom stereocenters. The maximum absolute atomic E-state index is 5.76. The summed E-state index contributed by atoms with van der Waals surface area (Å²) in [5.74, 6) is 1.35.